The molecular formula is C17H18FNO2. The zero-order valence-electron chi connectivity index (χ0n) is 12.2. The Hall–Kier alpha value is -2.36. The van der Waals surface area contributed by atoms with E-state index in [1.807, 2.05) is 31.2 Å². The van der Waals surface area contributed by atoms with Crippen molar-refractivity contribution in [3.63, 3.8) is 0 Å². The van der Waals surface area contributed by atoms with E-state index in [0.29, 0.717) is 12.8 Å². The number of methoxy groups -OCH3 is 1. The highest BCUT2D eigenvalue weighted by molar-refractivity contribution is 5.90. The Labute approximate surface area is 123 Å². The summed E-state index contributed by atoms with van der Waals surface area (Å²) in [5.74, 6) is -0.285. The van der Waals surface area contributed by atoms with Gasteiger partial charge in [-0.15, -0.1) is 0 Å². The fraction of sp³-hybridized carbons (Fsp3) is 0.235. The van der Waals surface area contributed by atoms with Gasteiger partial charge in [-0.2, -0.15) is 0 Å². The Bertz CT molecular complexity index is 623. The maximum Gasteiger partial charge on any atom is 0.224 e. The predicted molar refractivity (Wildman–Crippen MR) is 81.1 cm³/mol. The fourth-order valence-electron chi connectivity index (χ4n) is 1.98. The van der Waals surface area contributed by atoms with Crippen LogP contribution in [0.1, 0.15) is 17.5 Å². The molecule has 0 aliphatic carbocycles. The Morgan fingerprint density at radius 1 is 1.19 bits per heavy atom. The molecule has 0 saturated heterocycles. The highest BCUT2D eigenvalue weighted by atomic mass is 19.1. The largest absolute Gasteiger partial charge is 0.494 e. The number of rotatable bonds is 5. The molecule has 2 aromatic carbocycles. The zero-order valence-corrected chi connectivity index (χ0v) is 12.2. The van der Waals surface area contributed by atoms with Gasteiger partial charge in [0.2, 0.25) is 5.91 Å². The average molecular weight is 287 g/mol. The summed E-state index contributed by atoms with van der Waals surface area (Å²) in [4.78, 5) is 11.8. The van der Waals surface area contributed by atoms with Crippen molar-refractivity contribution in [1.82, 2.24) is 0 Å². The minimum Gasteiger partial charge on any atom is -0.494 e. The van der Waals surface area contributed by atoms with E-state index in [9.17, 15) is 9.18 Å². The van der Waals surface area contributed by atoms with Gasteiger partial charge < -0.3 is 10.1 Å². The van der Waals surface area contributed by atoms with Crippen LogP contribution < -0.4 is 10.1 Å². The van der Waals surface area contributed by atoms with Crippen LogP contribution in [0.3, 0.4) is 0 Å². The average Bonchev–Trinajstić information content (AvgIpc) is 2.48. The molecule has 0 unspecified atom stereocenters. The molecule has 0 spiro atoms. The van der Waals surface area contributed by atoms with Crippen LogP contribution in [0.25, 0.3) is 0 Å². The van der Waals surface area contributed by atoms with E-state index in [-0.39, 0.29) is 11.7 Å². The first-order chi connectivity index (χ1) is 10.1. The van der Waals surface area contributed by atoms with Crippen molar-refractivity contribution in [2.45, 2.75) is 19.8 Å². The first kappa shape index (κ1) is 15.0. The normalized spacial score (nSPS) is 10.2. The van der Waals surface area contributed by atoms with E-state index in [4.69, 9.17) is 4.74 Å². The molecule has 110 valence electrons. The molecule has 0 aromatic heterocycles. The Balaban J connectivity index is 1.89. The van der Waals surface area contributed by atoms with Gasteiger partial charge in [0.25, 0.3) is 0 Å². The van der Waals surface area contributed by atoms with Crippen molar-refractivity contribution in [1.29, 1.82) is 0 Å². The fourth-order valence-corrected chi connectivity index (χ4v) is 1.98. The van der Waals surface area contributed by atoms with Gasteiger partial charge in [-0.1, -0.05) is 23.8 Å². The number of halogens is 1. The molecule has 1 amide bonds. The summed E-state index contributed by atoms with van der Waals surface area (Å²) in [5.41, 5.74) is 2.68. The lowest BCUT2D eigenvalue weighted by atomic mass is 10.1. The molecular weight excluding hydrogens is 269 g/mol. The minimum absolute atomic E-state index is 0.0879. The molecule has 3 nitrogen and oxygen atoms in total. The van der Waals surface area contributed by atoms with Gasteiger partial charge in [-0.05, 0) is 43.2 Å². The Kier molecular flexibility index (Phi) is 4.93. The molecule has 4 heteroatoms. The molecule has 0 saturated carbocycles. The molecule has 0 atom stereocenters. The second-order valence-electron chi connectivity index (χ2n) is 4.88. The summed E-state index contributed by atoms with van der Waals surface area (Å²) in [7, 11) is 1.42. The molecule has 0 aliphatic rings. The first-order valence-electron chi connectivity index (χ1n) is 6.77. The number of hydrogen-bond donors (Lipinski definition) is 1. The van der Waals surface area contributed by atoms with Crippen molar-refractivity contribution < 1.29 is 13.9 Å². The molecule has 0 aliphatic heterocycles. The van der Waals surface area contributed by atoms with Crippen LogP contribution in [0, 0.1) is 12.7 Å². The monoisotopic (exact) mass is 287 g/mol. The molecule has 0 fully saturated rings. The molecule has 21 heavy (non-hydrogen) atoms. The summed E-state index contributed by atoms with van der Waals surface area (Å²) in [5, 5.41) is 2.82. The van der Waals surface area contributed by atoms with Gasteiger partial charge in [0, 0.05) is 12.1 Å². The standard InChI is InChI=1S/C17H18FNO2/c1-12-3-7-14(8-4-12)19-17(20)10-6-13-5-9-16(21-2)15(18)11-13/h3-5,7-9,11H,6,10H2,1-2H3,(H,19,20). The summed E-state index contributed by atoms with van der Waals surface area (Å²) < 4.78 is 18.4. The topological polar surface area (TPSA) is 38.3 Å². The molecule has 0 bridgehead atoms. The summed E-state index contributed by atoms with van der Waals surface area (Å²) in [6, 6.07) is 12.3. The second kappa shape index (κ2) is 6.88. The smallest absolute Gasteiger partial charge is 0.224 e. The van der Waals surface area contributed by atoms with Gasteiger partial charge in [0.15, 0.2) is 11.6 Å². The highest BCUT2D eigenvalue weighted by Gasteiger charge is 2.06. The third kappa shape index (κ3) is 4.31. The number of hydrogen-bond acceptors (Lipinski definition) is 2. The van der Waals surface area contributed by atoms with Gasteiger partial charge in [-0.25, -0.2) is 4.39 Å². The van der Waals surface area contributed by atoms with E-state index in [1.54, 1.807) is 12.1 Å². The Morgan fingerprint density at radius 3 is 2.52 bits per heavy atom. The number of anilines is 1. The molecule has 0 radical (unpaired) electrons. The third-order valence-electron chi connectivity index (χ3n) is 3.19. The molecule has 2 aromatic rings. The quantitative estimate of drug-likeness (QED) is 0.910. The lowest BCUT2D eigenvalue weighted by Gasteiger charge is -2.07. The van der Waals surface area contributed by atoms with E-state index in [1.165, 1.54) is 13.2 Å². The number of ether oxygens (including phenoxy) is 1. The van der Waals surface area contributed by atoms with Crippen molar-refractivity contribution in [3.05, 3.63) is 59.4 Å². The summed E-state index contributed by atoms with van der Waals surface area (Å²) in [6.45, 7) is 1.99. The molecule has 0 heterocycles. The minimum atomic E-state index is -0.408. The number of carbonyl (C=O) groups excluding carboxylic acids is 1. The molecule has 1 N–H and O–H groups in total. The lowest BCUT2D eigenvalue weighted by Crippen LogP contribution is -2.12. The highest BCUT2D eigenvalue weighted by Crippen LogP contribution is 2.18. The number of benzene rings is 2. The van der Waals surface area contributed by atoms with Crippen LogP contribution in [0.2, 0.25) is 0 Å². The van der Waals surface area contributed by atoms with Crippen LogP contribution in [-0.4, -0.2) is 13.0 Å². The predicted octanol–water partition coefficient (Wildman–Crippen LogP) is 3.71. The number of amides is 1. The van der Waals surface area contributed by atoms with Crippen molar-refractivity contribution in [2.75, 3.05) is 12.4 Å². The van der Waals surface area contributed by atoms with E-state index in [0.717, 1.165) is 16.8 Å². The third-order valence-corrected chi connectivity index (χ3v) is 3.19. The first-order valence-corrected chi connectivity index (χ1v) is 6.77. The number of aryl methyl sites for hydroxylation is 2. The SMILES string of the molecule is COc1ccc(CCC(=O)Nc2ccc(C)cc2)cc1F. The van der Waals surface area contributed by atoms with Crippen molar-refractivity contribution in [2.24, 2.45) is 0 Å². The zero-order chi connectivity index (χ0) is 15.2. The van der Waals surface area contributed by atoms with E-state index in [2.05, 4.69) is 5.32 Å². The summed E-state index contributed by atoms with van der Waals surface area (Å²) in [6.07, 6.45) is 0.790. The van der Waals surface area contributed by atoms with Crippen LogP contribution in [-0.2, 0) is 11.2 Å². The summed E-state index contributed by atoms with van der Waals surface area (Å²) >= 11 is 0. The maximum atomic E-state index is 13.5. The van der Waals surface area contributed by atoms with Gasteiger partial charge >= 0.3 is 0 Å². The van der Waals surface area contributed by atoms with Gasteiger partial charge in [0.1, 0.15) is 0 Å². The number of carbonyl (C=O) groups is 1. The maximum absolute atomic E-state index is 13.5. The van der Waals surface area contributed by atoms with Crippen LogP contribution in [0.5, 0.6) is 5.75 Å². The van der Waals surface area contributed by atoms with E-state index < -0.39 is 5.82 Å². The van der Waals surface area contributed by atoms with Crippen molar-refractivity contribution in [3.8, 4) is 5.75 Å². The van der Waals surface area contributed by atoms with Gasteiger partial charge in [-0.3, -0.25) is 4.79 Å². The number of nitrogens with one attached hydrogen (secondary N) is 1. The second-order valence-corrected chi connectivity index (χ2v) is 4.88. The lowest BCUT2D eigenvalue weighted by molar-refractivity contribution is -0.116. The van der Waals surface area contributed by atoms with Crippen LogP contribution in [0.15, 0.2) is 42.5 Å². The van der Waals surface area contributed by atoms with Crippen molar-refractivity contribution >= 4 is 11.6 Å². The van der Waals surface area contributed by atoms with Crippen LogP contribution in [0.4, 0.5) is 10.1 Å². The van der Waals surface area contributed by atoms with E-state index >= 15 is 0 Å². The van der Waals surface area contributed by atoms with Gasteiger partial charge in [0.05, 0.1) is 7.11 Å². The molecule has 2 rings (SSSR count). The Morgan fingerprint density at radius 2 is 1.90 bits per heavy atom. The van der Waals surface area contributed by atoms with Crippen LogP contribution >= 0.6 is 0 Å².